The lowest BCUT2D eigenvalue weighted by Gasteiger charge is -2.32. The van der Waals surface area contributed by atoms with E-state index in [-0.39, 0.29) is 12.1 Å². The molecule has 1 heterocycles. The van der Waals surface area contributed by atoms with Crippen LogP contribution < -0.4 is 5.32 Å². The zero-order valence-electron chi connectivity index (χ0n) is 11.4. The van der Waals surface area contributed by atoms with Crippen LogP contribution in [-0.2, 0) is 0 Å². The maximum Gasteiger partial charge on any atom is 0.322 e. The van der Waals surface area contributed by atoms with Crippen LogP contribution in [0.2, 0.25) is 5.02 Å². The molecule has 0 radical (unpaired) electrons. The Bertz CT molecular complexity index is 684. The molecule has 1 atom stereocenters. The minimum absolute atomic E-state index is 0.0536. The van der Waals surface area contributed by atoms with Gasteiger partial charge in [0.05, 0.1) is 6.04 Å². The van der Waals surface area contributed by atoms with Gasteiger partial charge in [-0.25, -0.2) is 4.79 Å². The van der Waals surface area contributed by atoms with Crippen molar-refractivity contribution in [1.29, 1.82) is 0 Å². The molecule has 4 heteroatoms. The minimum Gasteiger partial charge on any atom is -0.321 e. The molecule has 0 bridgehead atoms. The van der Waals surface area contributed by atoms with E-state index < -0.39 is 0 Å². The van der Waals surface area contributed by atoms with Crippen LogP contribution in [0.1, 0.15) is 18.5 Å². The summed E-state index contributed by atoms with van der Waals surface area (Å²) >= 11 is 6.04. The number of amides is 2. The molecule has 2 amide bonds. The van der Waals surface area contributed by atoms with Crippen LogP contribution >= 0.6 is 11.6 Å². The van der Waals surface area contributed by atoms with Gasteiger partial charge in [-0.1, -0.05) is 29.8 Å². The van der Waals surface area contributed by atoms with E-state index in [1.165, 1.54) is 0 Å². The predicted octanol–water partition coefficient (Wildman–Crippen LogP) is 4.55. The van der Waals surface area contributed by atoms with Gasteiger partial charge in [0.2, 0.25) is 0 Å². The number of rotatable bonds is 1. The van der Waals surface area contributed by atoms with Crippen LogP contribution in [0, 0.1) is 0 Å². The Morgan fingerprint density at radius 1 is 1.15 bits per heavy atom. The first-order valence-electron chi connectivity index (χ1n) is 6.50. The predicted molar refractivity (Wildman–Crippen MR) is 82.1 cm³/mol. The average Bonchev–Trinajstić information content (AvgIpc) is 2.45. The number of hydrogen-bond donors (Lipinski definition) is 1. The summed E-state index contributed by atoms with van der Waals surface area (Å²) in [6.45, 7) is 2.03. The van der Waals surface area contributed by atoms with Crippen LogP contribution in [0.15, 0.2) is 42.5 Å². The fourth-order valence-electron chi connectivity index (χ4n) is 2.46. The first-order valence-corrected chi connectivity index (χ1v) is 6.88. The van der Waals surface area contributed by atoms with Crippen molar-refractivity contribution >= 4 is 23.3 Å². The molecule has 1 aliphatic rings. The highest BCUT2D eigenvalue weighted by molar-refractivity contribution is 6.30. The zero-order valence-corrected chi connectivity index (χ0v) is 12.1. The second kappa shape index (κ2) is 4.84. The topological polar surface area (TPSA) is 32.3 Å². The van der Waals surface area contributed by atoms with Gasteiger partial charge in [0.25, 0.3) is 0 Å². The third kappa shape index (κ3) is 2.14. The van der Waals surface area contributed by atoms with Crippen molar-refractivity contribution in [2.24, 2.45) is 0 Å². The second-order valence-corrected chi connectivity index (χ2v) is 5.47. The summed E-state index contributed by atoms with van der Waals surface area (Å²) in [6.07, 6.45) is 0. The Balaban J connectivity index is 2.07. The molecule has 0 fully saturated rings. The third-order valence-electron chi connectivity index (χ3n) is 3.80. The highest BCUT2D eigenvalue weighted by Crippen LogP contribution is 2.35. The summed E-state index contributed by atoms with van der Waals surface area (Å²) in [5, 5.41) is 3.61. The standard InChI is InChI=1S/C16H15ClN2O/c1-10-14-9-12(11-4-3-5-13(17)8-11)6-7-15(14)18-16(20)19(10)2/h3-10H,1-2H3,(H,18,20). The van der Waals surface area contributed by atoms with E-state index in [9.17, 15) is 4.79 Å². The molecule has 3 nitrogen and oxygen atoms in total. The quantitative estimate of drug-likeness (QED) is 0.820. The largest absolute Gasteiger partial charge is 0.322 e. The molecule has 0 aliphatic carbocycles. The molecule has 0 aromatic heterocycles. The maximum absolute atomic E-state index is 11.8. The zero-order chi connectivity index (χ0) is 14.3. The first kappa shape index (κ1) is 13.0. The van der Waals surface area contributed by atoms with E-state index in [2.05, 4.69) is 11.4 Å². The number of carbonyl (C=O) groups is 1. The van der Waals surface area contributed by atoms with Gasteiger partial charge in [-0.2, -0.15) is 0 Å². The molecule has 102 valence electrons. The molecule has 20 heavy (non-hydrogen) atoms. The van der Waals surface area contributed by atoms with Crippen LogP contribution in [0.4, 0.5) is 10.5 Å². The molecule has 1 N–H and O–H groups in total. The third-order valence-corrected chi connectivity index (χ3v) is 4.04. The number of urea groups is 1. The van der Waals surface area contributed by atoms with Crippen molar-refractivity contribution in [3.05, 3.63) is 53.1 Å². The second-order valence-electron chi connectivity index (χ2n) is 5.03. The van der Waals surface area contributed by atoms with Crippen molar-refractivity contribution in [3.8, 4) is 11.1 Å². The summed E-state index contributed by atoms with van der Waals surface area (Å²) < 4.78 is 0. The van der Waals surface area contributed by atoms with Crippen molar-refractivity contribution < 1.29 is 4.79 Å². The summed E-state index contributed by atoms with van der Waals surface area (Å²) in [5.41, 5.74) is 4.17. The molecule has 2 aromatic rings. The van der Waals surface area contributed by atoms with Crippen LogP contribution in [-0.4, -0.2) is 18.0 Å². The highest BCUT2D eigenvalue weighted by Gasteiger charge is 2.26. The number of benzene rings is 2. The van der Waals surface area contributed by atoms with Crippen molar-refractivity contribution in [1.82, 2.24) is 4.90 Å². The molecular weight excluding hydrogens is 272 g/mol. The lowest BCUT2D eigenvalue weighted by molar-refractivity contribution is 0.205. The maximum atomic E-state index is 11.8. The monoisotopic (exact) mass is 286 g/mol. The Morgan fingerprint density at radius 2 is 1.90 bits per heavy atom. The number of carbonyl (C=O) groups excluding carboxylic acids is 1. The van der Waals surface area contributed by atoms with E-state index in [0.717, 1.165) is 27.4 Å². The van der Waals surface area contributed by atoms with Gasteiger partial charge in [0, 0.05) is 17.8 Å². The van der Waals surface area contributed by atoms with Gasteiger partial charge in [-0.05, 0) is 47.9 Å². The Kier molecular flexibility index (Phi) is 3.14. The average molecular weight is 287 g/mol. The molecular formula is C16H15ClN2O. The Labute approximate surface area is 123 Å². The SMILES string of the molecule is CC1c2cc(-c3cccc(Cl)c3)ccc2NC(=O)N1C. The van der Waals surface area contributed by atoms with E-state index >= 15 is 0 Å². The Hall–Kier alpha value is -2.00. The summed E-state index contributed by atoms with van der Waals surface area (Å²) in [7, 11) is 1.80. The van der Waals surface area contributed by atoms with Gasteiger partial charge in [0.1, 0.15) is 0 Å². The van der Waals surface area contributed by atoms with Gasteiger partial charge in [0.15, 0.2) is 0 Å². The number of nitrogens with zero attached hydrogens (tertiary/aromatic N) is 1. The number of anilines is 1. The number of halogens is 1. The first-order chi connectivity index (χ1) is 9.56. The van der Waals surface area contributed by atoms with Gasteiger partial charge < -0.3 is 10.2 Å². The Morgan fingerprint density at radius 3 is 2.65 bits per heavy atom. The normalized spacial score (nSPS) is 17.6. The van der Waals surface area contributed by atoms with E-state index in [0.29, 0.717) is 0 Å². The number of nitrogens with one attached hydrogen (secondary N) is 1. The van der Waals surface area contributed by atoms with Crippen molar-refractivity contribution in [2.75, 3.05) is 12.4 Å². The van der Waals surface area contributed by atoms with E-state index in [4.69, 9.17) is 11.6 Å². The molecule has 1 unspecified atom stereocenters. The fourth-order valence-corrected chi connectivity index (χ4v) is 2.65. The number of hydrogen-bond acceptors (Lipinski definition) is 1. The molecule has 0 saturated carbocycles. The number of fused-ring (bicyclic) bond motifs is 1. The summed E-state index contributed by atoms with van der Waals surface area (Å²) in [5.74, 6) is 0. The molecule has 1 aliphatic heterocycles. The summed E-state index contributed by atoms with van der Waals surface area (Å²) in [6, 6.07) is 13.8. The smallest absolute Gasteiger partial charge is 0.321 e. The minimum atomic E-state index is -0.0690. The molecule has 3 rings (SSSR count). The molecule has 0 saturated heterocycles. The molecule has 0 spiro atoms. The van der Waals surface area contributed by atoms with Gasteiger partial charge >= 0.3 is 6.03 Å². The van der Waals surface area contributed by atoms with E-state index in [1.807, 2.05) is 43.3 Å². The highest BCUT2D eigenvalue weighted by atomic mass is 35.5. The van der Waals surface area contributed by atoms with Gasteiger partial charge in [-0.3, -0.25) is 0 Å². The molecule has 2 aromatic carbocycles. The van der Waals surface area contributed by atoms with Crippen molar-refractivity contribution in [2.45, 2.75) is 13.0 Å². The van der Waals surface area contributed by atoms with Crippen molar-refractivity contribution in [3.63, 3.8) is 0 Å². The van der Waals surface area contributed by atoms with Crippen LogP contribution in [0.5, 0.6) is 0 Å². The fraction of sp³-hybridized carbons (Fsp3) is 0.188. The van der Waals surface area contributed by atoms with Crippen LogP contribution in [0.3, 0.4) is 0 Å². The lowest BCUT2D eigenvalue weighted by atomic mass is 9.96. The van der Waals surface area contributed by atoms with Gasteiger partial charge in [-0.15, -0.1) is 0 Å². The van der Waals surface area contributed by atoms with Crippen LogP contribution in [0.25, 0.3) is 11.1 Å². The summed E-state index contributed by atoms with van der Waals surface area (Å²) in [4.78, 5) is 13.5. The van der Waals surface area contributed by atoms with E-state index in [1.54, 1.807) is 11.9 Å². The lowest BCUT2D eigenvalue weighted by Crippen LogP contribution is -2.38.